The first-order chi connectivity index (χ1) is 17.3. The monoisotopic (exact) mass is 466 g/mol. The fourth-order valence-corrected chi connectivity index (χ4v) is 6.03. The van der Waals surface area contributed by atoms with Crippen LogP contribution in [0, 0.1) is 0 Å². The molecule has 4 aromatic rings. The molecule has 0 amide bonds. The summed E-state index contributed by atoms with van der Waals surface area (Å²) in [6.45, 7) is 0.829. The molecule has 2 aliphatic carbocycles. The lowest BCUT2D eigenvalue weighted by molar-refractivity contribution is 0.170. The second kappa shape index (κ2) is 9.88. The van der Waals surface area contributed by atoms with Crippen molar-refractivity contribution in [3.63, 3.8) is 0 Å². The van der Waals surface area contributed by atoms with Crippen LogP contribution in [0.3, 0.4) is 0 Å². The third kappa shape index (κ3) is 5.00. The highest BCUT2D eigenvalue weighted by Gasteiger charge is 2.39. The van der Waals surface area contributed by atoms with E-state index in [0.29, 0.717) is 12.1 Å². The van der Waals surface area contributed by atoms with Crippen LogP contribution in [0.15, 0.2) is 67.0 Å². The SMILES string of the molecule is c1ccc(CN[C@H]2CC[C@](Cc3nc4ccccc4[nH]3)(NC3CCCc4cccnc43)CC2)nc1. The van der Waals surface area contributed by atoms with Crippen molar-refractivity contribution in [1.82, 2.24) is 30.6 Å². The minimum absolute atomic E-state index is 0.00779. The molecule has 1 aromatic carbocycles. The number of pyridine rings is 2. The Morgan fingerprint density at radius 3 is 2.63 bits per heavy atom. The van der Waals surface area contributed by atoms with Gasteiger partial charge in [-0.15, -0.1) is 0 Å². The molecule has 0 radical (unpaired) electrons. The molecular formula is C29H34N6. The lowest BCUT2D eigenvalue weighted by Crippen LogP contribution is -2.54. The molecule has 0 aliphatic heterocycles. The van der Waals surface area contributed by atoms with Crippen molar-refractivity contribution < 1.29 is 0 Å². The Bertz CT molecular complexity index is 1230. The number of hydrogen-bond donors (Lipinski definition) is 3. The number of aryl methyl sites for hydroxylation is 1. The molecule has 0 saturated heterocycles. The number of nitrogens with zero attached hydrogens (tertiary/aromatic N) is 3. The molecule has 3 N–H and O–H groups in total. The molecule has 0 spiro atoms. The van der Waals surface area contributed by atoms with Gasteiger partial charge in [0.25, 0.3) is 0 Å². The minimum Gasteiger partial charge on any atom is -0.342 e. The summed E-state index contributed by atoms with van der Waals surface area (Å²) in [5.41, 5.74) is 5.93. The van der Waals surface area contributed by atoms with Crippen molar-refractivity contribution in [2.45, 2.75) is 75.5 Å². The molecule has 0 bridgehead atoms. The summed E-state index contributed by atoms with van der Waals surface area (Å²) in [6.07, 6.45) is 12.7. The number of aromatic amines is 1. The molecule has 6 nitrogen and oxygen atoms in total. The average Bonchev–Trinajstić information content (AvgIpc) is 3.31. The number of nitrogens with one attached hydrogen (secondary N) is 3. The summed E-state index contributed by atoms with van der Waals surface area (Å²) in [5.74, 6) is 1.08. The lowest BCUT2D eigenvalue weighted by Gasteiger charge is -2.44. The van der Waals surface area contributed by atoms with E-state index in [9.17, 15) is 0 Å². The van der Waals surface area contributed by atoms with E-state index in [1.807, 2.05) is 18.5 Å². The lowest BCUT2D eigenvalue weighted by atomic mass is 9.75. The Morgan fingerprint density at radius 1 is 0.914 bits per heavy atom. The van der Waals surface area contributed by atoms with Crippen molar-refractivity contribution in [2.24, 2.45) is 0 Å². The van der Waals surface area contributed by atoms with Gasteiger partial charge < -0.3 is 15.6 Å². The maximum Gasteiger partial charge on any atom is 0.109 e. The van der Waals surface area contributed by atoms with Gasteiger partial charge in [-0.3, -0.25) is 9.97 Å². The van der Waals surface area contributed by atoms with Gasteiger partial charge in [-0.2, -0.15) is 0 Å². The van der Waals surface area contributed by atoms with Crippen LogP contribution in [-0.4, -0.2) is 31.5 Å². The second-order valence-corrected chi connectivity index (χ2v) is 10.3. The predicted octanol–water partition coefficient (Wildman–Crippen LogP) is 5.03. The fraction of sp³-hybridized carbons (Fsp3) is 0.414. The van der Waals surface area contributed by atoms with E-state index >= 15 is 0 Å². The number of imidazole rings is 1. The zero-order valence-electron chi connectivity index (χ0n) is 20.2. The van der Waals surface area contributed by atoms with Gasteiger partial charge in [0, 0.05) is 36.9 Å². The van der Waals surface area contributed by atoms with Gasteiger partial charge in [-0.05, 0) is 80.8 Å². The fourth-order valence-electron chi connectivity index (χ4n) is 6.03. The van der Waals surface area contributed by atoms with Crippen LogP contribution in [0.5, 0.6) is 0 Å². The highest BCUT2D eigenvalue weighted by Crippen LogP contribution is 2.37. The van der Waals surface area contributed by atoms with Crippen LogP contribution in [0.4, 0.5) is 0 Å². The first kappa shape index (κ1) is 22.4. The predicted molar refractivity (Wildman–Crippen MR) is 139 cm³/mol. The Hall–Kier alpha value is -3.09. The molecule has 1 atom stereocenters. The maximum absolute atomic E-state index is 4.95. The van der Waals surface area contributed by atoms with Crippen LogP contribution in [0.25, 0.3) is 11.0 Å². The maximum atomic E-state index is 4.95. The molecule has 35 heavy (non-hydrogen) atoms. The van der Waals surface area contributed by atoms with Gasteiger partial charge in [0.2, 0.25) is 0 Å². The molecule has 1 unspecified atom stereocenters. The van der Waals surface area contributed by atoms with Gasteiger partial charge in [-0.25, -0.2) is 4.98 Å². The first-order valence-electron chi connectivity index (χ1n) is 13.0. The van der Waals surface area contributed by atoms with Crippen molar-refractivity contribution in [1.29, 1.82) is 0 Å². The average molecular weight is 467 g/mol. The standard InChI is InChI=1S/C29H34N6/c1-2-11-25-24(10-1)33-27(34-25)19-29(35-26-12-5-7-21-8-6-18-31-28(21)26)15-13-22(14-16-29)32-20-23-9-3-4-17-30-23/h1-4,6,8-11,17-18,22,26,32,35H,5,7,12-16,19-20H2,(H,33,34)/t22-,26?,29-. The molecule has 180 valence electrons. The van der Waals surface area contributed by atoms with Crippen LogP contribution >= 0.6 is 0 Å². The Kier molecular flexibility index (Phi) is 6.32. The summed E-state index contributed by atoms with van der Waals surface area (Å²) in [7, 11) is 0. The summed E-state index contributed by atoms with van der Waals surface area (Å²) >= 11 is 0. The molecule has 6 heteroatoms. The van der Waals surface area contributed by atoms with Crippen LogP contribution < -0.4 is 10.6 Å². The second-order valence-electron chi connectivity index (χ2n) is 10.3. The smallest absolute Gasteiger partial charge is 0.109 e. The van der Waals surface area contributed by atoms with Crippen molar-refractivity contribution in [3.8, 4) is 0 Å². The molecule has 6 rings (SSSR count). The summed E-state index contributed by atoms with van der Waals surface area (Å²) < 4.78 is 0. The molecule has 2 aliphatic rings. The van der Waals surface area contributed by atoms with Gasteiger partial charge in [0.1, 0.15) is 5.82 Å². The third-order valence-corrected chi connectivity index (χ3v) is 7.86. The molecule has 3 aromatic heterocycles. The normalized spacial score (nSPS) is 24.3. The Labute approximate surface area is 207 Å². The van der Waals surface area contributed by atoms with Gasteiger partial charge >= 0.3 is 0 Å². The molecule has 1 saturated carbocycles. The minimum atomic E-state index is 0.00779. The van der Waals surface area contributed by atoms with E-state index in [-0.39, 0.29) is 5.54 Å². The van der Waals surface area contributed by atoms with Gasteiger partial charge in [0.15, 0.2) is 0 Å². The van der Waals surface area contributed by atoms with E-state index in [1.54, 1.807) is 0 Å². The highest BCUT2D eigenvalue weighted by molar-refractivity contribution is 5.74. The van der Waals surface area contributed by atoms with Crippen LogP contribution in [-0.2, 0) is 19.4 Å². The van der Waals surface area contributed by atoms with Crippen LogP contribution in [0.2, 0.25) is 0 Å². The van der Waals surface area contributed by atoms with Gasteiger partial charge in [-0.1, -0.05) is 24.3 Å². The van der Waals surface area contributed by atoms with E-state index < -0.39 is 0 Å². The van der Waals surface area contributed by atoms with E-state index in [0.717, 1.165) is 74.0 Å². The van der Waals surface area contributed by atoms with Crippen LogP contribution in [0.1, 0.15) is 67.3 Å². The largest absolute Gasteiger partial charge is 0.342 e. The van der Waals surface area contributed by atoms with Crippen molar-refractivity contribution in [2.75, 3.05) is 0 Å². The van der Waals surface area contributed by atoms with Crippen molar-refractivity contribution >= 4 is 11.0 Å². The summed E-state index contributed by atoms with van der Waals surface area (Å²) in [5, 5.41) is 7.91. The quantitative estimate of drug-likeness (QED) is 0.356. The number of para-hydroxylation sites is 2. The number of rotatable bonds is 7. The first-order valence-corrected chi connectivity index (χ1v) is 13.0. The van der Waals surface area contributed by atoms with E-state index in [1.165, 1.54) is 17.7 Å². The van der Waals surface area contributed by atoms with E-state index in [4.69, 9.17) is 9.97 Å². The third-order valence-electron chi connectivity index (χ3n) is 7.86. The molecule has 3 heterocycles. The Balaban J connectivity index is 1.21. The zero-order valence-corrected chi connectivity index (χ0v) is 20.2. The highest BCUT2D eigenvalue weighted by atomic mass is 15.1. The zero-order chi connectivity index (χ0) is 23.5. The molecule has 1 fully saturated rings. The topological polar surface area (TPSA) is 78.5 Å². The summed E-state index contributed by atoms with van der Waals surface area (Å²) in [6, 6.07) is 19.6. The van der Waals surface area contributed by atoms with Gasteiger partial charge in [0.05, 0.1) is 28.5 Å². The molecular weight excluding hydrogens is 432 g/mol. The number of aromatic nitrogens is 4. The van der Waals surface area contributed by atoms with E-state index in [2.05, 4.69) is 69.1 Å². The summed E-state index contributed by atoms with van der Waals surface area (Å²) in [4.78, 5) is 17.8. The Morgan fingerprint density at radius 2 is 1.77 bits per heavy atom. The van der Waals surface area contributed by atoms with Crippen molar-refractivity contribution in [3.05, 3.63) is 89.8 Å². The number of benzene rings is 1. The number of fused-ring (bicyclic) bond motifs is 2. The number of hydrogen-bond acceptors (Lipinski definition) is 5. The number of H-pyrrole nitrogens is 1.